The summed E-state index contributed by atoms with van der Waals surface area (Å²) in [7, 11) is 4.02. The first-order valence-electron chi connectivity index (χ1n) is 13.0. The molecule has 3 aromatic heterocycles. The van der Waals surface area contributed by atoms with Crippen LogP contribution in [-0.4, -0.2) is 67.6 Å². The Kier molecular flexibility index (Phi) is 9.00. The third-order valence-corrected chi connectivity index (χ3v) is 8.23. The van der Waals surface area contributed by atoms with Gasteiger partial charge in [-0.05, 0) is 50.8 Å². The van der Waals surface area contributed by atoms with Gasteiger partial charge in [-0.25, -0.2) is 4.98 Å². The highest BCUT2D eigenvalue weighted by atomic mass is 32.2. The maximum atomic E-state index is 13.5. The molecule has 204 valence electrons. The quantitative estimate of drug-likeness (QED) is 0.192. The monoisotopic (exact) mass is 569 g/mol. The van der Waals surface area contributed by atoms with Gasteiger partial charge in [-0.15, -0.1) is 21.5 Å². The summed E-state index contributed by atoms with van der Waals surface area (Å²) in [6, 6.07) is 22.2. The molecule has 0 spiro atoms. The number of thiazole rings is 1. The lowest BCUT2D eigenvalue weighted by atomic mass is 10.2. The zero-order valence-electron chi connectivity index (χ0n) is 22.8. The van der Waals surface area contributed by atoms with Crippen LogP contribution < -0.4 is 0 Å². The van der Waals surface area contributed by atoms with Gasteiger partial charge in [0.1, 0.15) is 10.7 Å². The number of aryl methyl sites for hydroxylation is 1. The minimum Gasteiger partial charge on any atom is -0.332 e. The van der Waals surface area contributed by atoms with Crippen LogP contribution in [0.15, 0.2) is 89.7 Å². The topological polar surface area (TPSA) is 80.0 Å². The van der Waals surface area contributed by atoms with Gasteiger partial charge in [-0.2, -0.15) is 0 Å². The molecule has 0 N–H and O–H groups in total. The van der Waals surface area contributed by atoms with E-state index in [-0.39, 0.29) is 5.91 Å². The van der Waals surface area contributed by atoms with Gasteiger partial charge in [0.25, 0.3) is 5.91 Å². The van der Waals surface area contributed by atoms with Gasteiger partial charge < -0.3 is 9.80 Å². The van der Waals surface area contributed by atoms with Crippen LogP contribution in [0.4, 0.5) is 0 Å². The summed E-state index contributed by atoms with van der Waals surface area (Å²) in [6.45, 7) is 4.01. The van der Waals surface area contributed by atoms with Crippen molar-refractivity contribution in [2.24, 2.45) is 0 Å². The van der Waals surface area contributed by atoms with Crippen molar-refractivity contribution in [2.45, 2.75) is 24.4 Å². The molecule has 5 rings (SSSR count). The van der Waals surface area contributed by atoms with Gasteiger partial charge in [0.15, 0.2) is 11.0 Å². The fourth-order valence-electron chi connectivity index (χ4n) is 4.11. The standard InChI is InChI=1S/C30H31N7OS2/c1-22-11-13-25(14-12-22)37-28(24-10-7-15-31-18-24)33-34-30(37)40-21-27-32-26(20-39-27)29(38)36(17-16-35(2)3)19-23-8-5-4-6-9-23/h4-15,18,20H,16-17,19,21H2,1-3H3. The minimum absolute atomic E-state index is 0.0557. The van der Waals surface area contributed by atoms with Crippen molar-refractivity contribution in [3.05, 3.63) is 106 Å². The van der Waals surface area contributed by atoms with E-state index in [1.807, 2.05) is 71.4 Å². The fraction of sp³-hybridized carbons (Fsp3) is 0.233. The van der Waals surface area contributed by atoms with Gasteiger partial charge in [-0.3, -0.25) is 14.3 Å². The molecule has 0 aliphatic heterocycles. The maximum Gasteiger partial charge on any atom is 0.273 e. The van der Waals surface area contributed by atoms with Crippen molar-refractivity contribution < 1.29 is 4.79 Å². The molecule has 2 aromatic carbocycles. The molecule has 1 amide bonds. The van der Waals surface area contributed by atoms with Crippen LogP contribution in [0.25, 0.3) is 17.1 Å². The van der Waals surface area contributed by atoms with Crippen LogP contribution in [0, 0.1) is 6.92 Å². The first-order chi connectivity index (χ1) is 19.5. The Morgan fingerprint density at radius 1 is 0.975 bits per heavy atom. The van der Waals surface area contributed by atoms with Crippen molar-refractivity contribution >= 4 is 29.0 Å². The van der Waals surface area contributed by atoms with Gasteiger partial charge in [-0.1, -0.05) is 59.8 Å². The second kappa shape index (κ2) is 13.0. The van der Waals surface area contributed by atoms with Crippen LogP contribution >= 0.6 is 23.1 Å². The van der Waals surface area contributed by atoms with E-state index >= 15 is 0 Å². The van der Waals surface area contributed by atoms with Crippen molar-refractivity contribution in [3.8, 4) is 17.1 Å². The third kappa shape index (κ3) is 6.82. The number of thioether (sulfide) groups is 1. The molecule has 0 saturated carbocycles. The van der Waals surface area contributed by atoms with Crippen LogP contribution in [-0.2, 0) is 12.3 Å². The largest absolute Gasteiger partial charge is 0.332 e. The molecule has 0 saturated heterocycles. The van der Waals surface area contributed by atoms with Gasteiger partial charge in [0.2, 0.25) is 0 Å². The van der Waals surface area contributed by atoms with Crippen LogP contribution in [0.5, 0.6) is 0 Å². The summed E-state index contributed by atoms with van der Waals surface area (Å²) >= 11 is 3.04. The Morgan fingerprint density at radius 2 is 1.77 bits per heavy atom. The molecular formula is C30H31N7OS2. The van der Waals surface area contributed by atoms with E-state index in [9.17, 15) is 4.79 Å². The lowest BCUT2D eigenvalue weighted by Gasteiger charge is -2.24. The number of aromatic nitrogens is 5. The molecule has 0 bridgehead atoms. The molecular weight excluding hydrogens is 539 g/mol. The second-order valence-corrected chi connectivity index (χ2v) is 11.5. The minimum atomic E-state index is -0.0557. The molecule has 5 aromatic rings. The number of carbonyl (C=O) groups is 1. The normalized spacial score (nSPS) is 11.2. The van der Waals surface area contributed by atoms with Crippen LogP contribution in [0.1, 0.15) is 26.6 Å². The molecule has 0 atom stereocenters. The van der Waals surface area contributed by atoms with Gasteiger partial charge in [0.05, 0.1) is 5.75 Å². The molecule has 3 heterocycles. The fourth-order valence-corrected chi connectivity index (χ4v) is 5.85. The number of hydrogen-bond donors (Lipinski definition) is 0. The third-order valence-electron chi connectivity index (χ3n) is 6.26. The van der Waals surface area contributed by atoms with Gasteiger partial charge >= 0.3 is 0 Å². The van der Waals surface area contributed by atoms with Crippen molar-refractivity contribution in [2.75, 3.05) is 27.2 Å². The average molecular weight is 570 g/mol. The van der Waals surface area contributed by atoms with Gasteiger partial charge in [0, 0.05) is 48.7 Å². The summed E-state index contributed by atoms with van der Waals surface area (Å²) in [5.74, 6) is 1.25. The van der Waals surface area contributed by atoms with Crippen LogP contribution in [0.3, 0.4) is 0 Å². The Bertz CT molecular complexity index is 1530. The number of nitrogens with zero attached hydrogens (tertiary/aromatic N) is 7. The first kappa shape index (κ1) is 27.7. The van der Waals surface area contributed by atoms with E-state index in [1.165, 1.54) is 16.9 Å². The predicted molar refractivity (Wildman–Crippen MR) is 161 cm³/mol. The zero-order chi connectivity index (χ0) is 27.9. The number of pyridine rings is 1. The molecule has 8 nitrogen and oxygen atoms in total. The Balaban J connectivity index is 1.34. The molecule has 0 fully saturated rings. The lowest BCUT2D eigenvalue weighted by molar-refractivity contribution is 0.0726. The second-order valence-electron chi connectivity index (χ2n) is 9.65. The van der Waals surface area contributed by atoms with Crippen molar-refractivity contribution in [3.63, 3.8) is 0 Å². The Morgan fingerprint density at radius 3 is 2.50 bits per heavy atom. The maximum absolute atomic E-state index is 13.5. The molecule has 10 heteroatoms. The van der Waals surface area contributed by atoms with Crippen molar-refractivity contribution in [1.82, 2.24) is 34.5 Å². The number of amides is 1. The van der Waals surface area contributed by atoms with E-state index in [0.29, 0.717) is 24.5 Å². The summed E-state index contributed by atoms with van der Waals surface area (Å²) in [6.07, 6.45) is 3.54. The molecule has 0 unspecified atom stereocenters. The van der Waals surface area contributed by atoms with Crippen molar-refractivity contribution in [1.29, 1.82) is 0 Å². The first-order valence-corrected chi connectivity index (χ1v) is 14.8. The van der Waals surface area contributed by atoms with Crippen LogP contribution in [0.2, 0.25) is 0 Å². The number of likely N-dealkylation sites (N-methyl/N-ethyl adjacent to an activating group) is 1. The van der Waals surface area contributed by atoms with E-state index in [0.717, 1.165) is 39.3 Å². The Labute approximate surface area is 242 Å². The smallest absolute Gasteiger partial charge is 0.273 e. The van der Waals surface area contributed by atoms with E-state index in [1.54, 1.807) is 24.2 Å². The summed E-state index contributed by atoms with van der Waals surface area (Å²) in [5.41, 5.74) is 4.62. The number of carbonyl (C=O) groups excluding carboxylic acids is 1. The number of hydrogen-bond acceptors (Lipinski definition) is 8. The molecule has 0 radical (unpaired) electrons. The van der Waals surface area contributed by atoms with E-state index in [4.69, 9.17) is 4.98 Å². The highest BCUT2D eigenvalue weighted by Gasteiger charge is 2.21. The SMILES string of the molecule is Cc1ccc(-n2c(SCc3nc(C(=O)N(CCN(C)C)Cc4ccccc4)cs3)nnc2-c2cccnc2)cc1. The van der Waals surface area contributed by atoms with E-state index in [2.05, 4.69) is 51.3 Å². The summed E-state index contributed by atoms with van der Waals surface area (Å²) < 4.78 is 2.05. The molecule has 40 heavy (non-hydrogen) atoms. The zero-order valence-corrected chi connectivity index (χ0v) is 24.4. The predicted octanol–water partition coefficient (Wildman–Crippen LogP) is 5.59. The summed E-state index contributed by atoms with van der Waals surface area (Å²) in [4.78, 5) is 26.4. The molecule has 0 aliphatic carbocycles. The average Bonchev–Trinajstić information content (AvgIpc) is 3.63. The summed E-state index contributed by atoms with van der Waals surface area (Å²) in [5, 5.41) is 12.5. The highest BCUT2D eigenvalue weighted by Crippen LogP contribution is 2.30. The Hall–Kier alpha value is -3.86. The number of benzene rings is 2. The number of rotatable bonds is 11. The molecule has 0 aliphatic rings. The van der Waals surface area contributed by atoms with E-state index < -0.39 is 0 Å². The highest BCUT2D eigenvalue weighted by molar-refractivity contribution is 7.98. The lowest BCUT2D eigenvalue weighted by Crippen LogP contribution is -2.36.